The summed E-state index contributed by atoms with van der Waals surface area (Å²) in [6.07, 6.45) is 5.35. The minimum absolute atomic E-state index is 0.0305. The fraction of sp³-hybridized carbons (Fsp3) is 0.375. The summed E-state index contributed by atoms with van der Waals surface area (Å²) >= 11 is 0. The van der Waals surface area contributed by atoms with Gasteiger partial charge < -0.3 is 10.2 Å². The molecule has 0 aliphatic heterocycles. The van der Waals surface area contributed by atoms with E-state index < -0.39 is 34.3 Å². The maximum absolute atomic E-state index is 14.1. The van der Waals surface area contributed by atoms with Gasteiger partial charge in [0, 0.05) is 12.6 Å². The van der Waals surface area contributed by atoms with Gasteiger partial charge in [-0.1, -0.05) is 68.7 Å². The summed E-state index contributed by atoms with van der Waals surface area (Å²) in [5.74, 6) is -1.20. The van der Waals surface area contributed by atoms with Crippen molar-refractivity contribution < 1.29 is 22.4 Å². The Morgan fingerprint density at radius 1 is 0.951 bits per heavy atom. The summed E-state index contributed by atoms with van der Waals surface area (Å²) in [6.45, 7) is 3.20. The number of halogens is 1. The van der Waals surface area contributed by atoms with E-state index in [1.807, 2.05) is 19.9 Å². The zero-order valence-corrected chi connectivity index (χ0v) is 24.4. The van der Waals surface area contributed by atoms with Crippen LogP contribution < -0.4 is 9.62 Å². The van der Waals surface area contributed by atoms with E-state index in [0.717, 1.165) is 42.0 Å². The Kier molecular flexibility index (Phi) is 10.2. The zero-order valence-electron chi connectivity index (χ0n) is 23.6. The van der Waals surface area contributed by atoms with Crippen molar-refractivity contribution in [2.45, 2.75) is 75.9 Å². The Bertz CT molecular complexity index is 1420. The Labute approximate surface area is 242 Å². The lowest BCUT2D eigenvalue weighted by molar-refractivity contribution is -0.140. The number of hydrogen-bond donors (Lipinski definition) is 1. The molecule has 1 aliphatic carbocycles. The van der Waals surface area contributed by atoms with Crippen molar-refractivity contribution >= 4 is 27.5 Å². The topological polar surface area (TPSA) is 86.8 Å². The Morgan fingerprint density at radius 3 is 2.27 bits per heavy atom. The van der Waals surface area contributed by atoms with Crippen LogP contribution in [0.1, 0.15) is 56.6 Å². The maximum atomic E-state index is 14.1. The third-order valence-corrected chi connectivity index (χ3v) is 9.29. The summed E-state index contributed by atoms with van der Waals surface area (Å²) in [6, 6.07) is 19.9. The first-order valence-electron chi connectivity index (χ1n) is 14.2. The summed E-state index contributed by atoms with van der Waals surface area (Å²) < 4.78 is 42.5. The molecule has 41 heavy (non-hydrogen) atoms. The monoisotopic (exact) mass is 579 g/mol. The Morgan fingerprint density at radius 2 is 1.63 bits per heavy atom. The molecule has 1 saturated carbocycles. The molecule has 3 aromatic rings. The zero-order chi connectivity index (χ0) is 29.4. The molecular formula is C32H38FN3O4S. The normalized spacial score (nSPS) is 14.7. The molecule has 218 valence electrons. The van der Waals surface area contributed by atoms with Crippen LogP contribution in [0.5, 0.6) is 0 Å². The molecule has 0 spiro atoms. The SMILES string of the molecule is CCC(C(=O)NC1CCCCC1)N(Cc1ccc(F)cc1)C(=O)CN(c1cccc(C)c1)S(=O)(=O)c1ccccc1. The van der Waals surface area contributed by atoms with Crippen LogP contribution in [0.2, 0.25) is 0 Å². The van der Waals surface area contributed by atoms with E-state index in [1.165, 1.54) is 29.2 Å². The van der Waals surface area contributed by atoms with Gasteiger partial charge in [-0.3, -0.25) is 13.9 Å². The first-order valence-corrected chi connectivity index (χ1v) is 15.6. The van der Waals surface area contributed by atoms with E-state index in [2.05, 4.69) is 5.32 Å². The highest BCUT2D eigenvalue weighted by Gasteiger charge is 2.34. The second-order valence-corrected chi connectivity index (χ2v) is 12.4. The standard InChI is InChI=1S/C32H38FN3O4S/c1-3-30(32(38)34-27-12-6-4-7-13-27)35(22-25-17-19-26(33)20-18-25)31(37)23-36(28-14-10-11-24(2)21-28)41(39,40)29-15-8-5-9-16-29/h5,8-11,14-21,27,30H,3-4,6-7,12-13,22-23H2,1-2H3,(H,34,38). The van der Waals surface area contributed by atoms with Crippen molar-refractivity contribution in [3.8, 4) is 0 Å². The van der Waals surface area contributed by atoms with Crippen molar-refractivity contribution in [2.75, 3.05) is 10.8 Å². The summed E-state index contributed by atoms with van der Waals surface area (Å²) in [5.41, 5.74) is 1.82. The number of sulfonamides is 1. The molecule has 0 radical (unpaired) electrons. The number of carbonyl (C=O) groups excluding carboxylic acids is 2. The number of rotatable bonds is 11. The number of aryl methyl sites for hydroxylation is 1. The molecule has 1 atom stereocenters. The predicted octanol–water partition coefficient (Wildman–Crippen LogP) is 5.59. The van der Waals surface area contributed by atoms with E-state index in [4.69, 9.17) is 0 Å². The van der Waals surface area contributed by atoms with Gasteiger partial charge in [-0.2, -0.15) is 0 Å². The van der Waals surface area contributed by atoms with E-state index in [0.29, 0.717) is 17.7 Å². The lowest BCUT2D eigenvalue weighted by atomic mass is 9.95. The molecule has 9 heteroatoms. The first-order chi connectivity index (χ1) is 19.7. The molecule has 7 nitrogen and oxygen atoms in total. The summed E-state index contributed by atoms with van der Waals surface area (Å²) in [7, 11) is -4.12. The van der Waals surface area contributed by atoms with Crippen LogP contribution in [0.4, 0.5) is 10.1 Å². The fourth-order valence-corrected chi connectivity index (χ4v) is 6.71. The van der Waals surface area contributed by atoms with Crippen molar-refractivity contribution in [1.29, 1.82) is 0 Å². The predicted molar refractivity (Wildman–Crippen MR) is 158 cm³/mol. The third kappa shape index (κ3) is 7.73. The average molecular weight is 580 g/mol. The lowest BCUT2D eigenvalue weighted by Gasteiger charge is -2.34. The fourth-order valence-electron chi connectivity index (χ4n) is 5.28. The minimum atomic E-state index is -4.12. The highest BCUT2D eigenvalue weighted by atomic mass is 32.2. The molecule has 3 aromatic carbocycles. The lowest BCUT2D eigenvalue weighted by Crippen LogP contribution is -2.54. The van der Waals surface area contributed by atoms with Crippen LogP contribution in [-0.4, -0.2) is 43.8 Å². The molecular weight excluding hydrogens is 541 g/mol. The van der Waals surface area contributed by atoms with Gasteiger partial charge in [0.15, 0.2) is 0 Å². The van der Waals surface area contributed by atoms with Crippen LogP contribution >= 0.6 is 0 Å². The van der Waals surface area contributed by atoms with E-state index in [1.54, 1.807) is 48.5 Å². The van der Waals surface area contributed by atoms with Gasteiger partial charge in [0.1, 0.15) is 18.4 Å². The van der Waals surface area contributed by atoms with Gasteiger partial charge >= 0.3 is 0 Å². The van der Waals surface area contributed by atoms with Gasteiger partial charge in [0.05, 0.1) is 10.6 Å². The summed E-state index contributed by atoms with van der Waals surface area (Å²) in [4.78, 5) is 29.2. The van der Waals surface area contributed by atoms with Gasteiger partial charge in [-0.05, 0) is 73.7 Å². The van der Waals surface area contributed by atoms with E-state index in [9.17, 15) is 22.4 Å². The number of anilines is 1. The van der Waals surface area contributed by atoms with Crippen molar-refractivity contribution in [2.24, 2.45) is 0 Å². The smallest absolute Gasteiger partial charge is 0.264 e. The second-order valence-electron chi connectivity index (χ2n) is 10.6. The minimum Gasteiger partial charge on any atom is -0.352 e. The molecule has 4 rings (SSSR count). The average Bonchev–Trinajstić information content (AvgIpc) is 2.97. The molecule has 0 saturated heterocycles. The highest BCUT2D eigenvalue weighted by Crippen LogP contribution is 2.26. The largest absolute Gasteiger partial charge is 0.352 e. The number of benzene rings is 3. The van der Waals surface area contributed by atoms with Gasteiger partial charge in [0.2, 0.25) is 11.8 Å². The second kappa shape index (κ2) is 13.8. The number of hydrogen-bond acceptors (Lipinski definition) is 4. The van der Waals surface area contributed by atoms with Gasteiger partial charge in [-0.25, -0.2) is 12.8 Å². The van der Waals surface area contributed by atoms with Gasteiger partial charge in [-0.15, -0.1) is 0 Å². The molecule has 0 heterocycles. The molecule has 1 aliphatic rings. The van der Waals surface area contributed by atoms with E-state index in [-0.39, 0.29) is 23.4 Å². The van der Waals surface area contributed by atoms with Crippen LogP contribution in [0.15, 0.2) is 83.8 Å². The highest BCUT2D eigenvalue weighted by molar-refractivity contribution is 7.92. The quantitative estimate of drug-likeness (QED) is 0.321. The van der Waals surface area contributed by atoms with E-state index >= 15 is 0 Å². The molecule has 1 fully saturated rings. The number of nitrogens with zero attached hydrogens (tertiary/aromatic N) is 2. The van der Waals surface area contributed by atoms with Crippen LogP contribution in [0, 0.1) is 12.7 Å². The third-order valence-electron chi connectivity index (χ3n) is 7.50. The summed E-state index contributed by atoms with van der Waals surface area (Å²) in [5, 5.41) is 3.12. The Balaban J connectivity index is 1.69. The van der Waals surface area contributed by atoms with Gasteiger partial charge in [0.25, 0.3) is 10.0 Å². The van der Waals surface area contributed by atoms with Crippen molar-refractivity contribution in [1.82, 2.24) is 10.2 Å². The van der Waals surface area contributed by atoms with Crippen molar-refractivity contribution in [3.63, 3.8) is 0 Å². The molecule has 1 unspecified atom stereocenters. The van der Waals surface area contributed by atoms with Crippen molar-refractivity contribution in [3.05, 3.63) is 95.8 Å². The number of amides is 2. The van der Waals surface area contributed by atoms with Crippen LogP contribution in [-0.2, 0) is 26.2 Å². The molecule has 0 aromatic heterocycles. The first kappa shape index (κ1) is 30.2. The molecule has 2 amide bonds. The van der Waals surface area contributed by atoms with Crippen LogP contribution in [0.25, 0.3) is 0 Å². The molecule has 1 N–H and O–H groups in total. The van der Waals surface area contributed by atoms with Crippen LogP contribution in [0.3, 0.4) is 0 Å². The maximum Gasteiger partial charge on any atom is 0.264 e. The molecule has 0 bridgehead atoms. The number of nitrogens with one attached hydrogen (secondary N) is 1. The Hall–Kier alpha value is -3.72. The number of carbonyl (C=O) groups is 2.